The molecular weight excluding hydrogens is 136 g/mol. The Morgan fingerprint density at radius 3 is 2.70 bits per heavy atom. The first-order valence-corrected chi connectivity index (χ1v) is 2.95. The molecule has 0 aliphatic carbocycles. The molecule has 4 nitrogen and oxygen atoms in total. The Kier molecular flexibility index (Phi) is 6.42. The highest BCUT2D eigenvalue weighted by molar-refractivity contribution is 4.62. The molecule has 0 radical (unpaired) electrons. The molecule has 0 rings (SSSR count). The first-order chi connectivity index (χ1) is 4.81. The van der Waals surface area contributed by atoms with E-state index in [1.54, 1.807) is 0 Å². The molecule has 0 amide bonds. The van der Waals surface area contributed by atoms with Crippen molar-refractivity contribution in [3.05, 3.63) is 12.7 Å². The summed E-state index contributed by atoms with van der Waals surface area (Å²) in [6.45, 7) is 3.31. The number of hydrogen-bond acceptors (Lipinski definition) is 4. The third-order valence-corrected chi connectivity index (χ3v) is 0.740. The molecule has 2 N–H and O–H groups in total. The molecule has 0 aromatic rings. The summed E-state index contributed by atoms with van der Waals surface area (Å²) in [7, 11) is 0. The zero-order valence-electron chi connectivity index (χ0n) is 5.69. The minimum absolute atomic E-state index is 0.0235. The smallest absolute Gasteiger partial charge is 0.110 e. The topological polar surface area (TPSA) is 58.9 Å². The van der Waals surface area contributed by atoms with Crippen molar-refractivity contribution in [1.29, 1.82) is 0 Å². The van der Waals surface area contributed by atoms with Gasteiger partial charge in [-0.2, -0.15) is 0 Å². The number of rotatable bonds is 6. The van der Waals surface area contributed by atoms with Crippen molar-refractivity contribution >= 4 is 0 Å². The second kappa shape index (κ2) is 6.70. The molecular formula is C6H12O4. The second-order valence-electron chi connectivity index (χ2n) is 1.69. The Balaban J connectivity index is 2.95. The first-order valence-electron chi connectivity index (χ1n) is 2.95. The SMILES string of the molecule is C=CCOOCC(O)CO. The third kappa shape index (κ3) is 5.71. The van der Waals surface area contributed by atoms with Gasteiger partial charge in [-0.3, -0.25) is 0 Å². The van der Waals surface area contributed by atoms with E-state index in [1.165, 1.54) is 6.08 Å². The van der Waals surface area contributed by atoms with E-state index in [4.69, 9.17) is 10.2 Å². The summed E-state index contributed by atoms with van der Waals surface area (Å²) >= 11 is 0. The van der Waals surface area contributed by atoms with Crippen molar-refractivity contribution in [2.75, 3.05) is 19.8 Å². The normalized spacial score (nSPS) is 13.0. The van der Waals surface area contributed by atoms with Gasteiger partial charge in [-0.25, -0.2) is 9.78 Å². The van der Waals surface area contributed by atoms with Gasteiger partial charge in [0.2, 0.25) is 0 Å². The summed E-state index contributed by atoms with van der Waals surface area (Å²) in [4.78, 5) is 8.91. The summed E-state index contributed by atoms with van der Waals surface area (Å²) in [6.07, 6.45) is 0.649. The van der Waals surface area contributed by atoms with E-state index in [0.717, 1.165) is 0 Å². The van der Waals surface area contributed by atoms with Gasteiger partial charge < -0.3 is 10.2 Å². The molecule has 1 unspecified atom stereocenters. The monoisotopic (exact) mass is 148 g/mol. The molecule has 0 fully saturated rings. The van der Waals surface area contributed by atoms with Gasteiger partial charge in [0, 0.05) is 0 Å². The van der Waals surface area contributed by atoms with Crippen molar-refractivity contribution in [2.24, 2.45) is 0 Å². The molecule has 0 saturated heterocycles. The highest BCUT2D eigenvalue weighted by Gasteiger charge is 2.00. The molecule has 0 aromatic heterocycles. The maximum atomic E-state index is 8.68. The van der Waals surface area contributed by atoms with Crippen LogP contribution in [0, 0.1) is 0 Å². The fraction of sp³-hybridized carbons (Fsp3) is 0.667. The van der Waals surface area contributed by atoms with Crippen LogP contribution in [0.2, 0.25) is 0 Å². The fourth-order valence-corrected chi connectivity index (χ4v) is 0.276. The molecule has 1 atom stereocenters. The summed E-state index contributed by atoms with van der Waals surface area (Å²) in [5, 5.41) is 17.0. The maximum Gasteiger partial charge on any atom is 0.110 e. The van der Waals surface area contributed by atoms with Gasteiger partial charge in [0.05, 0.1) is 6.61 Å². The van der Waals surface area contributed by atoms with Crippen molar-refractivity contribution in [1.82, 2.24) is 0 Å². The van der Waals surface area contributed by atoms with Crippen molar-refractivity contribution in [3.8, 4) is 0 Å². The number of aliphatic hydroxyl groups is 2. The first kappa shape index (κ1) is 9.58. The minimum atomic E-state index is -0.871. The molecule has 0 aliphatic heterocycles. The molecule has 4 heteroatoms. The van der Waals surface area contributed by atoms with E-state index < -0.39 is 6.10 Å². The summed E-state index contributed by atoms with van der Waals surface area (Å²) < 4.78 is 0. The molecule has 0 aromatic carbocycles. The minimum Gasteiger partial charge on any atom is -0.394 e. The van der Waals surface area contributed by atoms with Gasteiger partial charge in [-0.1, -0.05) is 6.08 Å². The molecule has 60 valence electrons. The van der Waals surface area contributed by atoms with Crippen LogP contribution in [0.1, 0.15) is 0 Å². The van der Waals surface area contributed by atoms with Gasteiger partial charge in [-0.15, -0.1) is 6.58 Å². The van der Waals surface area contributed by atoms with Crippen LogP contribution in [0.3, 0.4) is 0 Å². The van der Waals surface area contributed by atoms with Crippen LogP contribution in [0.15, 0.2) is 12.7 Å². The standard InChI is InChI=1S/C6H12O4/c1-2-3-9-10-5-6(8)4-7/h2,6-8H,1,3-5H2. The van der Waals surface area contributed by atoms with Gasteiger partial charge in [0.25, 0.3) is 0 Å². The Morgan fingerprint density at radius 1 is 1.50 bits per heavy atom. The number of hydrogen-bond donors (Lipinski definition) is 2. The van der Waals surface area contributed by atoms with Crippen LogP contribution in [0.5, 0.6) is 0 Å². The average molecular weight is 148 g/mol. The van der Waals surface area contributed by atoms with E-state index >= 15 is 0 Å². The molecule has 10 heavy (non-hydrogen) atoms. The Hall–Kier alpha value is -0.420. The lowest BCUT2D eigenvalue weighted by molar-refractivity contribution is -0.298. The van der Waals surface area contributed by atoms with Crippen LogP contribution < -0.4 is 0 Å². The van der Waals surface area contributed by atoms with Crippen molar-refractivity contribution in [2.45, 2.75) is 6.10 Å². The molecule has 0 saturated carbocycles. The maximum absolute atomic E-state index is 8.68. The lowest BCUT2D eigenvalue weighted by atomic mass is 10.4. The quantitative estimate of drug-likeness (QED) is 0.230. The average Bonchev–Trinajstić information content (AvgIpc) is 1.98. The van der Waals surface area contributed by atoms with E-state index in [0.29, 0.717) is 0 Å². The van der Waals surface area contributed by atoms with Crippen LogP contribution in [0.25, 0.3) is 0 Å². The highest BCUT2D eigenvalue weighted by atomic mass is 17.2. The predicted octanol–water partition coefficient (Wildman–Crippen LogP) is -0.526. The van der Waals surface area contributed by atoms with Gasteiger partial charge in [0.15, 0.2) is 0 Å². The van der Waals surface area contributed by atoms with E-state index in [9.17, 15) is 0 Å². The highest BCUT2D eigenvalue weighted by Crippen LogP contribution is 1.84. The van der Waals surface area contributed by atoms with Crippen LogP contribution in [-0.2, 0) is 9.78 Å². The third-order valence-electron chi connectivity index (χ3n) is 0.740. The molecule has 0 aliphatic rings. The summed E-state index contributed by atoms with van der Waals surface area (Å²) in [5.41, 5.74) is 0. The Labute approximate surface area is 59.6 Å². The van der Waals surface area contributed by atoms with Gasteiger partial charge >= 0.3 is 0 Å². The predicted molar refractivity (Wildman–Crippen MR) is 35.2 cm³/mol. The molecule has 0 spiro atoms. The Morgan fingerprint density at radius 2 is 2.20 bits per heavy atom. The summed E-state index contributed by atoms with van der Waals surface area (Å²) in [5.74, 6) is 0. The van der Waals surface area contributed by atoms with Gasteiger partial charge in [-0.05, 0) is 0 Å². The van der Waals surface area contributed by atoms with Crippen LogP contribution in [0.4, 0.5) is 0 Å². The lowest BCUT2D eigenvalue weighted by Crippen LogP contribution is -2.19. The van der Waals surface area contributed by atoms with Crippen molar-refractivity contribution < 1.29 is 20.0 Å². The van der Waals surface area contributed by atoms with E-state index in [2.05, 4.69) is 16.4 Å². The Bertz CT molecular complexity index is 83.8. The van der Waals surface area contributed by atoms with Crippen molar-refractivity contribution in [3.63, 3.8) is 0 Å². The van der Waals surface area contributed by atoms with Gasteiger partial charge in [0.1, 0.15) is 19.3 Å². The van der Waals surface area contributed by atoms with E-state index in [1.807, 2.05) is 0 Å². The zero-order valence-corrected chi connectivity index (χ0v) is 5.69. The molecule has 0 heterocycles. The largest absolute Gasteiger partial charge is 0.394 e. The second-order valence-corrected chi connectivity index (χ2v) is 1.69. The lowest BCUT2D eigenvalue weighted by Gasteiger charge is -2.05. The van der Waals surface area contributed by atoms with Crippen LogP contribution >= 0.6 is 0 Å². The van der Waals surface area contributed by atoms with Crippen LogP contribution in [-0.4, -0.2) is 36.1 Å². The molecule has 0 bridgehead atoms. The summed E-state index contributed by atoms with van der Waals surface area (Å²) in [6, 6.07) is 0. The zero-order chi connectivity index (χ0) is 7.82. The van der Waals surface area contributed by atoms with E-state index in [-0.39, 0.29) is 19.8 Å². The fourth-order valence-electron chi connectivity index (χ4n) is 0.276. The number of aliphatic hydroxyl groups excluding tert-OH is 2.